The molecule has 6 heteroatoms. The van der Waals surface area contributed by atoms with Crippen molar-refractivity contribution in [3.63, 3.8) is 0 Å². The van der Waals surface area contributed by atoms with Crippen molar-refractivity contribution in [2.24, 2.45) is 0 Å². The van der Waals surface area contributed by atoms with Gasteiger partial charge in [0.1, 0.15) is 0 Å². The molecule has 0 bridgehead atoms. The number of unbranched alkanes of at least 4 members (excludes halogenated alkanes) is 44. The molecule has 382 valence electrons. The predicted octanol–water partition coefficient (Wildman–Crippen LogP) is 17.9. The zero-order chi connectivity index (χ0) is 46.5. The summed E-state index contributed by atoms with van der Waals surface area (Å²) in [5, 5.41) is 23.3. The zero-order valence-corrected chi connectivity index (χ0v) is 43.5. The molecule has 0 aromatic carbocycles. The Hall–Kier alpha value is -1.14. The van der Waals surface area contributed by atoms with Crippen molar-refractivity contribution in [3.05, 3.63) is 0 Å². The molecule has 0 aromatic rings. The summed E-state index contributed by atoms with van der Waals surface area (Å²) in [5.41, 5.74) is 0. The van der Waals surface area contributed by atoms with E-state index < -0.39 is 12.1 Å². The number of hydrogen-bond donors (Lipinski definition) is 3. The van der Waals surface area contributed by atoms with Crippen LogP contribution in [0.25, 0.3) is 0 Å². The van der Waals surface area contributed by atoms with Crippen LogP contribution in [-0.2, 0) is 14.3 Å². The average molecular weight is 907 g/mol. The fraction of sp³-hybridized carbons (Fsp3) is 0.966. The Labute approximate surface area is 400 Å². The van der Waals surface area contributed by atoms with E-state index in [4.69, 9.17) is 4.74 Å². The number of aliphatic hydroxyl groups is 2. The van der Waals surface area contributed by atoms with Crippen molar-refractivity contribution >= 4 is 11.9 Å². The Bertz CT molecular complexity index is 913. The highest BCUT2D eigenvalue weighted by Gasteiger charge is 2.20. The summed E-state index contributed by atoms with van der Waals surface area (Å²) in [6.45, 7) is 4.97. The minimum Gasteiger partial charge on any atom is -0.466 e. The van der Waals surface area contributed by atoms with Crippen molar-refractivity contribution in [2.45, 2.75) is 347 Å². The lowest BCUT2D eigenvalue weighted by atomic mass is 10.0. The van der Waals surface area contributed by atoms with Gasteiger partial charge in [-0.15, -0.1) is 0 Å². The van der Waals surface area contributed by atoms with Gasteiger partial charge in [-0.3, -0.25) is 9.59 Å². The number of nitrogens with one attached hydrogen (secondary N) is 1. The van der Waals surface area contributed by atoms with Gasteiger partial charge in [0.2, 0.25) is 5.91 Å². The molecule has 0 rings (SSSR count). The lowest BCUT2D eigenvalue weighted by Gasteiger charge is -2.22. The second-order valence-corrected chi connectivity index (χ2v) is 20.3. The maximum atomic E-state index is 12.5. The van der Waals surface area contributed by atoms with E-state index in [1.54, 1.807) is 0 Å². The molecule has 0 saturated carbocycles. The lowest BCUT2D eigenvalue weighted by molar-refractivity contribution is -0.143. The standard InChI is InChI=1S/C58H115NO5/c1-3-5-7-9-11-13-15-17-19-23-26-30-34-38-42-46-50-56(61)55(54-60)59-57(62)51-47-43-39-35-31-27-24-21-20-22-25-29-33-37-41-45-49-53-64-58(63)52-48-44-40-36-32-28-18-16-14-12-10-8-6-4-2/h55-56,60-61H,3-54H2,1-2H3,(H,59,62). The first kappa shape index (κ1) is 62.9. The fourth-order valence-electron chi connectivity index (χ4n) is 9.41. The highest BCUT2D eigenvalue weighted by atomic mass is 16.5. The summed E-state index contributed by atoms with van der Waals surface area (Å²) in [6, 6.07) is -0.544. The van der Waals surface area contributed by atoms with Gasteiger partial charge in [0, 0.05) is 12.8 Å². The van der Waals surface area contributed by atoms with Crippen LogP contribution in [0.3, 0.4) is 0 Å². The summed E-state index contributed by atoms with van der Waals surface area (Å²) in [5.74, 6) is -0.0284. The summed E-state index contributed by atoms with van der Waals surface area (Å²) in [4.78, 5) is 24.5. The van der Waals surface area contributed by atoms with E-state index in [1.807, 2.05) is 0 Å². The molecule has 0 aliphatic rings. The molecule has 2 atom stereocenters. The second kappa shape index (κ2) is 54.5. The Morgan fingerprint density at radius 1 is 0.375 bits per heavy atom. The molecule has 1 amide bonds. The van der Waals surface area contributed by atoms with Crippen LogP contribution in [0.15, 0.2) is 0 Å². The SMILES string of the molecule is CCCCCCCCCCCCCCCCCCC(O)C(CO)NC(=O)CCCCCCCCCCCCCCCCCCCOC(=O)CCCCCCCCCCCCCCCC. The van der Waals surface area contributed by atoms with Crippen LogP contribution in [0.2, 0.25) is 0 Å². The molecule has 0 spiro atoms. The molecule has 0 aromatic heterocycles. The molecule has 2 unspecified atom stereocenters. The van der Waals surface area contributed by atoms with Crippen molar-refractivity contribution < 1.29 is 24.5 Å². The highest BCUT2D eigenvalue weighted by molar-refractivity contribution is 5.76. The van der Waals surface area contributed by atoms with Crippen LogP contribution >= 0.6 is 0 Å². The van der Waals surface area contributed by atoms with E-state index >= 15 is 0 Å². The normalized spacial score (nSPS) is 12.5. The molecule has 3 N–H and O–H groups in total. The summed E-state index contributed by atoms with van der Waals surface area (Å²) >= 11 is 0. The minimum absolute atomic E-state index is 0.00864. The van der Waals surface area contributed by atoms with Gasteiger partial charge in [0.25, 0.3) is 0 Å². The summed E-state index contributed by atoms with van der Waals surface area (Å²) < 4.78 is 5.48. The van der Waals surface area contributed by atoms with Crippen LogP contribution in [0.4, 0.5) is 0 Å². The number of carbonyl (C=O) groups excluding carboxylic acids is 2. The smallest absolute Gasteiger partial charge is 0.305 e. The Kier molecular flexibility index (Phi) is 53.5. The molecular formula is C58H115NO5. The predicted molar refractivity (Wildman–Crippen MR) is 278 cm³/mol. The van der Waals surface area contributed by atoms with Crippen LogP contribution in [-0.4, -0.2) is 47.4 Å². The number of ether oxygens (including phenoxy) is 1. The van der Waals surface area contributed by atoms with Gasteiger partial charge in [-0.25, -0.2) is 0 Å². The number of carbonyl (C=O) groups is 2. The van der Waals surface area contributed by atoms with Crippen LogP contribution in [0, 0.1) is 0 Å². The monoisotopic (exact) mass is 906 g/mol. The van der Waals surface area contributed by atoms with Gasteiger partial charge in [-0.2, -0.15) is 0 Å². The first-order valence-electron chi connectivity index (χ1n) is 29.3. The van der Waals surface area contributed by atoms with Crippen LogP contribution in [0.5, 0.6) is 0 Å². The highest BCUT2D eigenvalue weighted by Crippen LogP contribution is 2.18. The molecule has 0 heterocycles. The third kappa shape index (κ3) is 50.3. The van der Waals surface area contributed by atoms with Crippen LogP contribution < -0.4 is 5.32 Å². The first-order chi connectivity index (χ1) is 31.5. The zero-order valence-electron chi connectivity index (χ0n) is 43.5. The Morgan fingerprint density at radius 2 is 0.641 bits per heavy atom. The van der Waals surface area contributed by atoms with Crippen molar-refractivity contribution in [1.82, 2.24) is 5.32 Å². The maximum Gasteiger partial charge on any atom is 0.305 e. The number of amides is 1. The second-order valence-electron chi connectivity index (χ2n) is 20.3. The molecule has 6 nitrogen and oxygen atoms in total. The van der Waals surface area contributed by atoms with E-state index in [-0.39, 0.29) is 18.5 Å². The number of aliphatic hydroxyl groups excluding tert-OH is 2. The van der Waals surface area contributed by atoms with E-state index in [1.165, 1.54) is 263 Å². The molecular weight excluding hydrogens is 791 g/mol. The van der Waals surface area contributed by atoms with Crippen LogP contribution in [0.1, 0.15) is 335 Å². The molecule has 0 aliphatic carbocycles. The largest absolute Gasteiger partial charge is 0.466 e. The minimum atomic E-state index is -0.666. The Morgan fingerprint density at radius 3 is 0.953 bits per heavy atom. The van der Waals surface area contributed by atoms with Gasteiger partial charge < -0.3 is 20.3 Å². The molecule has 0 aliphatic heterocycles. The van der Waals surface area contributed by atoms with Crippen molar-refractivity contribution in [3.8, 4) is 0 Å². The fourth-order valence-corrected chi connectivity index (χ4v) is 9.41. The Balaban J connectivity index is 3.40. The van der Waals surface area contributed by atoms with E-state index in [0.29, 0.717) is 25.9 Å². The molecule has 0 saturated heterocycles. The summed E-state index contributed by atoms with van der Waals surface area (Å²) in [6.07, 6.45) is 62.3. The number of esters is 1. The lowest BCUT2D eigenvalue weighted by Crippen LogP contribution is -2.45. The van der Waals surface area contributed by atoms with E-state index in [9.17, 15) is 19.8 Å². The van der Waals surface area contributed by atoms with E-state index in [2.05, 4.69) is 19.2 Å². The molecule has 64 heavy (non-hydrogen) atoms. The third-order valence-corrected chi connectivity index (χ3v) is 13.9. The number of rotatable bonds is 55. The van der Waals surface area contributed by atoms with Crippen molar-refractivity contribution in [2.75, 3.05) is 13.2 Å². The molecule has 0 radical (unpaired) electrons. The van der Waals surface area contributed by atoms with Gasteiger partial charge in [-0.05, 0) is 25.7 Å². The first-order valence-corrected chi connectivity index (χ1v) is 29.3. The molecule has 0 fully saturated rings. The summed E-state index contributed by atoms with van der Waals surface area (Å²) in [7, 11) is 0. The number of hydrogen-bond acceptors (Lipinski definition) is 5. The maximum absolute atomic E-state index is 12.5. The van der Waals surface area contributed by atoms with E-state index in [0.717, 1.165) is 38.5 Å². The van der Waals surface area contributed by atoms with Crippen molar-refractivity contribution in [1.29, 1.82) is 0 Å². The van der Waals surface area contributed by atoms with Gasteiger partial charge >= 0.3 is 5.97 Å². The third-order valence-electron chi connectivity index (χ3n) is 13.9. The van der Waals surface area contributed by atoms with Gasteiger partial charge in [-0.1, -0.05) is 296 Å². The van der Waals surface area contributed by atoms with Gasteiger partial charge in [0.15, 0.2) is 0 Å². The quantitative estimate of drug-likeness (QED) is 0.0417. The topological polar surface area (TPSA) is 95.9 Å². The average Bonchev–Trinajstić information content (AvgIpc) is 3.29. The van der Waals surface area contributed by atoms with Gasteiger partial charge in [0.05, 0.1) is 25.4 Å².